The normalized spacial score (nSPS) is 13.9. The molecule has 6 nitrogen and oxygen atoms in total. The number of ether oxygens (including phenoxy) is 1. The van der Waals surface area contributed by atoms with Crippen LogP contribution in [0.25, 0.3) is 11.1 Å². The van der Waals surface area contributed by atoms with Crippen molar-refractivity contribution in [3.63, 3.8) is 0 Å². The van der Waals surface area contributed by atoms with Crippen LogP contribution in [0.15, 0.2) is 46.9 Å². The Kier molecular flexibility index (Phi) is 5.10. The summed E-state index contributed by atoms with van der Waals surface area (Å²) in [6.45, 7) is 1.57. The van der Waals surface area contributed by atoms with Gasteiger partial charge in [0, 0.05) is 12.1 Å². The van der Waals surface area contributed by atoms with E-state index in [4.69, 9.17) is 9.15 Å². The van der Waals surface area contributed by atoms with Gasteiger partial charge in [-0.2, -0.15) is 0 Å². The molecule has 0 saturated carbocycles. The molecule has 0 radical (unpaired) electrons. The summed E-state index contributed by atoms with van der Waals surface area (Å²) in [6.07, 6.45) is 2.85. The lowest BCUT2D eigenvalue weighted by atomic mass is 10.1. The van der Waals surface area contributed by atoms with Gasteiger partial charge in [-0.3, -0.25) is 9.59 Å². The number of oxazole rings is 1. The number of nitrogens with zero attached hydrogens (tertiary/aromatic N) is 1. The maximum atomic E-state index is 12.3. The quantitative estimate of drug-likeness (QED) is 0.660. The van der Waals surface area contributed by atoms with Crippen LogP contribution in [0.5, 0.6) is 0 Å². The molecule has 6 heteroatoms. The van der Waals surface area contributed by atoms with Gasteiger partial charge in [-0.15, -0.1) is 0 Å². The number of anilines is 1. The lowest BCUT2D eigenvalue weighted by Gasteiger charge is -2.14. The first-order valence-corrected chi connectivity index (χ1v) is 9.55. The van der Waals surface area contributed by atoms with E-state index in [9.17, 15) is 9.59 Å². The average Bonchev–Trinajstić information content (AvgIpc) is 3.32. The zero-order valence-electron chi connectivity index (χ0n) is 15.7. The van der Waals surface area contributed by atoms with Crippen molar-refractivity contribution >= 4 is 28.7 Å². The predicted octanol–water partition coefficient (Wildman–Crippen LogP) is 3.82. The standard InChI is InChI=1S/C22H22N2O4/c1-14(22(26)23-17-10-9-15-5-4-6-16(15)13-17)27-21(25)12-11-20-24-18-7-2-3-8-19(18)28-20/h2-3,7-10,13-14H,4-6,11-12H2,1H3,(H,23,26)/t14-/m1/s1. The Bertz CT molecular complexity index is 991. The molecular formula is C22H22N2O4. The van der Waals surface area contributed by atoms with Crippen LogP contribution >= 0.6 is 0 Å². The van der Waals surface area contributed by atoms with Crippen molar-refractivity contribution in [1.29, 1.82) is 0 Å². The number of hydrogen-bond donors (Lipinski definition) is 1. The molecule has 1 N–H and O–H groups in total. The summed E-state index contributed by atoms with van der Waals surface area (Å²) in [5.74, 6) is -0.319. The molecule has 1 aliphatic carbocycles. The Balaban J connectivity index is 1.28. The lowest BCUT2D eigenvalue weighted by molar-refractivity contribution is -0.153. The minimum Gasteiger partial charge on any atom is -0.453 e. The molecule has 0 fully saturated rings. The SMILES string of the molecule is C[C@@H](OC(=O)CCc1nc2ccccc2o1)C(=O)Nc1ccc2c(c1)CCC2. The second-order valence-corrected chi connectivity index (χ2v) is 7.03. The second kappa shape index (κ2) is 7.84. The average molecular weight is 378 g/mol. The van der Waals surface area contributed by atoms with Gasteiger partial charge >= 0.3 is 5.97 Å². The zero-order valence-corrected chi connectivity index (χ0v) is 15.7. The van der Waals surface area contributed by atoms with Crippen molar-refractivity contribution in [1.82, 2.24) is 4.98 Å². The van der Waals surface area contributed by atoms with Crippen LogP contribution in [0.2, 0.25) is 0 Å². The van der Waals surface area contributed by atoms with E-state index >= 15 is 0 Å². The van der Waals surface area contributed by atoms with Gasteiger partial charge in [-0.05, 0) is 61.6 Å². The van der Waals surface area contributed by atoms with E-state index < -0.39 is 12.1 Å². The highest BCUT2D eigenvalue weighted by atomic mass is 16.5. The van der Waals surface area contributed by atoms with Crippen molar-refractivity contribution in [2.45, 2.75) is 45.1 Å². The molecular weight excluding hydrogens is 356 g/mol. The van der Waals surface area contributed by atoms with Gasteiger partial charge in [0.1, 0.15) is 5.52 Å². The number of aromatic nitrogens is 1. The summed E-state index contributed by atoms with van der Waals surface area (Å²) in [5.41, 5.74) is 4.80. The molecule has 0 spiro atoms. The highest BCUT2D eigenvalue weighted by Gasteiger charge is 2.19. The molecule has 144 valence electrons. The second-order valence-electron chi connectivity index (χ2n) is 7.03. The molecule has 0 saturated heterocycles. The van der Waals surface area contributed by atoms with Crippen LogP contribution in [0.3, 0.4) is 0 Å². The number of rotatable bonds is 6. The highest BCUT2D eigenvalue weighted by molar-refractivity contribution is 5.95. The minimum absolute atomic E-state index is 0.100. The largest absolute Gasteiger partial charge is 0.453 e. The highest BCUT2D eigenvalue weighted by Crippen LogP contribution is 2.25. The number of amides is 1. The molecule has 1 aliphatic rings. The van der Waals surface area contributed by atoms with Crippen molar-refractivity contribution in [2.75, 3.05) is 5.32 Å². The first kappa shape index (κ1) is 18.2. The van der Waals surface area contributed by atoms with Crippen LogP contribution in [0.1, 0.15) is 36.8 Å². The maximum Gasteiger partial charge on any atom is 0.307 e. The zero-order chi connectivity index (χ0) is 19.5. The molecule has 2 aromatic carbocycles. The van der Waals surface area contributed by atoms with Crippen molar-refractivity contribution in [3.05, 3.63) is 59.5 Å². The molecule has 4 rings (SSSR count). The molecule has 28 heavy (non-hydrogen) atoms. The van der Waals surface area contributed by atoms with Crippen LogP contribution in [-0.2, 0) is 33.6 Å². The maximum absolute atomic E-state index is 12.3. The van der Waals surface area contributed by atoms with Crippen LogP contribution in [-0.4, -0.2) is 23.0 Å². The Morgan fingerprint density at radius 3 is 2.86 bits per heavy atom. The molecule has 1 atom stereocenters. The summed E-state index contributed by atoms with van der Waals surface area (Å²) in [4.78, 5) is 28.7. The summed E-state index contributed by atoms with van der Waals surface area (Å²) in [5, 5.41) is 2.82. The van der Waals surface area contributed by atoms with Gasteiger partial charge in [0.25, 0.3) is 5.91 Å². The third kappa shape index (κ3) is 4.06. The van der Waals surface area contributed by atoms with E-state index in [0.29, 0.717) is 17.9 Å². The van der Waals surface area contributed by atoms with Crippen LogP contribution < -0.4 is 5.32 Å². The molecule has 1 heterocycles. The van der Waals surface area contributed by atoms with Crippen LogP contribution in [0.4, 0.5) is 5.69 Å². The van der Waals surface area contributed by atoms with Gasteiger partial charge in [-0.25, -0.2) is 4.98 Å². The van der Waals surface area contributed by atoms with E-state index in [-0.39, 0.29) is 12.3 Å². The van der Waals surface area contributed by atoms with E-state index in [0.717, 1.165) is 30.5 Å². The number of carbonyl (C=O) groups excluding carboxylic acids is 2. The van der Waals surface area contributed by atoms with Gasteiger partial charge in [0.05, 0.1) is 6.42 Å². The van der Waals surface area contributed by atoms with E-state index in [1.165, 1.54) is 11.1 Å². The van der Waals surface area contributed by atoms with Crippen molar-refractivity contribution < 1.29 is 18.7 Å². The molecule has 1 amide bonds. The Morgan fingerprint density at radius 1 is 1.18 bits per heavy atom. The van der Waals surface area contributed by atoms with Crippen LogP contribution in [0, 0.1) is 0 Å². The summed E-state index contributed by atoms with van der Waals surface area (Å²) in [7, 11) is 0. The van der Waals surface area contributed by atoms with E-state index in [1.54, 1.807) is 6.92 Å². The number of benzene rings is 2. The minimum atomic E-state index is -0.871. The van der Waals surface area contributed by atoms with E-state index in [2.05, 4.69) is 16.4 Å². The number of esters is 1. The summed E-state index contributed by atoms with van der Waals surface area (Å²) >= 11 is 0. The van der Waals surface area contributed by atoms with Crippen molar-refractivity contribution in [2.24, 2.45) is 0 Å². The van der Waals surface area contributed by atoms with Crippen molar-refractivity contribution in [3.8, 4) is 0 Å². The van der Waals surface area contributed by atoms with E-state index in [1.807, 2.05) is 36.4 Å². The Labute approximate surface area is 162 Å². The third-order valence-corrected chi connectivity index (χ3v) is 4.92. The Hall–Kier alpha value is -3.15. The molecule has 3 aromatic rings. The number of hydrogen-bond acceptors (Lipinski definition) is 5. The summed E-state index contributed by atoms with van der Waals surface area (Å²) in [6, 6.07) is 13.4. The first-order valence-electron chi connectivity index (χ1n) is 9.55. The fraction of sp³-hybridized carbons (Fsp3) is 0.318. The number of carbonyl (C=O) groups is 2. The smallest absolute Gasteiger partial charge is 0.307 e. The number of fused-ring (bicyclic) bond motifs is 2. The number of para-hydroxylation sites is 2. The fourth-order valence-corrected chi connectivity index (χ4v) is 3.44. The summed E-state index contributed by atoms with van der Waals surface area (Å²) < 4.78 is 10.8. The third-order valence-electron chi connectivity index (χ3n) is 4.92. The predicted molar refractivity (Wildman–Crippen MR) is 105 cm³/mol. The van der Waals surface area contributed by atoms with Gasteiger partial charge in [0.2, 0.25) is 0 Å². The first-order chi connectivity index (χ1) is 13.6. The Morgan fingerprint density at radius 2 is 2.00 bits per heavy atom. The number of nitrogens with one attached hydrogen (secondary N) is 1. The molecule has 1 aromatic heterocycles. The van der Waals surface area contributed by atoms with Gasteiger partial charge < -0.3 is 14.5 Å². The van der Waals surface area contributed by atoms with Gasteiger partial charge in [0.15, 0.2) is 17.6 Å². The molecule has 0 unspecified atom stereocenters. The topological polar surface area (TPSA) is 81.4 Å². The lowest BCUT2D eigenvalue weighted by Crippen LogP contribution is -2.30. The molecule has 0 bridgehead atoms. The molecule has 0 aliphatic heterocycles. The number of aryl methyl sites for hydroxylation is 3. The monoisotopic (exact) mass is 378 g/mol. The fourth-order valence-electron chi connectivity index (χ4n) is 3.44. The van der Waals surface area contributed by atoms with Gasteiger partial charge in [-0.1, -0.05) is 18.2 Å².